The second-order valence-electron chi connectivity index (χ2n) is 4.46. The van der Waals surface area contributed by atoms with Crippen LogP contribution in [0.5, 0.6) is 0 Å². The van der Waals surface area contributed by atoms with Crippen molar-refractivity contribution in [3.05, 3.63) is 16.3 Å². The Morgan fingerprint density at radius 3 is 3.24 bits per heavy atom. The lowest BCUT2D eigenvalue weighted by Crippen LogP contribution is -2.53. The predicted molar refractivity (Wildman–Crippen MR) is 63.3 cm³/mol. The van der Waals surface area contributed by atoms with Crippen LogP contribution in [0.1, 0.15) is 19.3 Å². The number of fused-ring (bicyclic) bond motifs is 1. The number of aromatic nitrogens is 1. The van der Waals surface area contributed by atoms with Crippen LogP contribution in [-0.2, 0) is 4.74 Å². The third-order valence-corrected chi connectivity index (χ3v) is 4.36. The van der Waals surface area contributed by atoms with Crippen molar-refractivity contribution in [1.82, 2.24) is 4.98 Å². The van der Waals surface area contributed by atoms with E-state index in [2.05, 4.69) is 10.3 Å². The highest BCUT2D eigenvalue weighted by Gasteiger charge is 2.43. The maximum Gasteiger partial charge on any atom is 0.345 e. The van der Waals surface area contributed by atoms with Gasteiger partial charge in [0.05, 0.1) is 11.0 Å². The maximum absolute atomic E-state index is 10.5. The van der Waals surface area contributed by atoms with Gasteiger partial charge in [0.15, 0.2) is 5.13 Å². The van der Waals surface area contributed by atoms with Crippen molar-refractivity contribution in [1.29, 1.82) is 0 Å². The van der Waals surface area contributed by atoms with Gasteiger partial charge in [-0.2, -0.15) is 0 Å². The van der Waals surface area contributed by atoms with E-state index in [9.17, 15) is 10.1 Å². The topological polar surface area (TPSA) is 77.3 Å². The van der Waals surface area contributed by atoms with E-state index in [-0.39, 0.29) is 5.00 Å². The van der Waals surface area contributed by atoms with Crippen molar-refractivity contribution in [2.75, 3.05) is 11.9 Å². The summed E-state index contributed by atoms with van der Waals surface area (Å²) in [5, 5.41) is 14.5. The van der Waals surface area contributed by atoms with Crippen molar-refractivity contribution in [2.45, 2.75) is 31.4 Å². The molecular formula is C10H13N3O3S. The van der Waals surface area contributed by atoms with E-state index in [1.54, 1.807) is 0 Å². The highest BCUT2D eigenvalue weighted by atomic mass is 32.1. The van der Waals surface area contributed by atoms with E-state index in [1.165, 1.54) is 12.6 Å². The highest BCUT2D eigenvalue weighted by Crippen LogP contribution is 2.40. The Morgan fingerprint density at radius 2 is 2.53 bits per heavy atom. The molecule has 3 atom stereocenters. The lowest BCUT2D eigenvalue weighted by atomic mass is 9.72. The number of nitrogens with zero attached hydrogens (tertiary/aromatic N) is 2. The van der Waals surface area contributed by atoms with Crippen LogP contribution in [0.3, 0.4) is 0 Å². The first-order valence-corrected chi connectivity index (χ1v) is 6.54. The monoisotopic (exact) mass is 255 g/mol. The number of anilines is 1. The van der Waals surface area contributed by atoms with E-state index < -0.39 is 4.92 Å². The lowest BCUT2D eigenvalue weighted by molar-refractivity contribution is -0.380. The number of thiazole rings is 1. The summed E-state index contributed by atoms with van der Waals surface area (Å²) in [5.41, 5.74) is 0. The smallest absolute Gasteiger partial charge is 0.345 e. The van der Waals surface area contributed by atoms with Crippen LogP contribution in [0.25, 0.3) is 0 Å². The van der Waals surface area contributed by atoms with E-state index >= 15 is 0 Å². The number of nitrogens with one attached hydrogen (secondary N) is 1. The van der Waals surface area contributed by atoms with Crippen molar-refractivity contribution in [3.63, 3.8) is 0 Å². The maximum atomic E-state index is 10.5. The Hall–Kier alpha value is -1.21. The largest absolute Gasteiger partial charge is 0.378 e. The number of rotatable bonds is 3. The van der Waals surface area contributed by atoms with Crippen LogP contribution < -0.4 is 5.32 Å². The van der Waals surface area contributed by atoms with Crippen LogP contribution in [0.4, 0.5) is 10.1 Å². The Kier molecular flexibility index (Phi) is 2.71. The fourth-order valence-electron chi connectivity index (χ4n) is 2.54. The zero-order valence-corrected chi connectivity index (χ0v) is 9.98. The van der Waals surface area contributed by atoms with E-state index in [0.717, 1.165) is 30.8 Å². The van der Waals surface area contributed by atoms with Gasteiger partial charge in [0, 0.05) is 18.6 Å². The molecule has 0 bridgehead atoms. The molecule has 0 radical (unpaired) electrons. The Labute approximate surface area is 102 Å². The van der Waals surface area contributed by atoms with Gasteiger partial charge in [-0.25, -0.2) is 4.98 Å². The van der Waals surface area contributed by atoms with Crippen molar-refractivity contribution in [2.24, 2.45) is 5.92 Å². The van der Waals surface area contributed by atoms with Crippen LogP contribution in [0, 0.1) is 16.0 Å². The summed E-state index contributed by atoms with van der Waals surface area (Å²) < 4.78 is 5.62. The highest BCUT2D eigenvalue weighted by molar-refractivity contribution is 7.18. The average molecular weight is 255 g/mol. The summed E-state index contributed by atoms with van der Waals surface area (Å²) in [6.45, 7) is 0.872. The quantitative estimate of drug-likeness (QED) is 0.660. The number of hydrogen-bond donors (Lipinski definition) is 1. The van der Waals surface area contributed by atoms with Crippen LogP contribution in [-0.4, -0.2) is 28.7 Å². The Morgan fingerprint density at radius 1 is 1.65 bits per heavy atom. The Bertz CT molecular complexity index is 436. The molecule has 2 fully saturated rings. The van der Waals surface area contributed by atoms with Gasteiger partial charge in [0.2, 0.25) is 0 Å². The molecule has 1 N–H and O–H groups in total. The van der Waals surface area contributed by atoms with Crippen molar-refractivity contribution < 1.29 is 9.66 Å². The van der Waals surface area contributed by atoms with Crippen LogP contribution in [0.15, 0.2) is 6.20 Å². The molecule has 2 heterocycles. The summed E-state index contributed by atoms with van der Waals surface area (Å²) >= 11 is 1.10. The molecule has 1 aromatic rings. The molecule has 3 rings (SSSR count). The minimum atomic E-state index is -0.407. The predicted octanol–water partition coefficient (Wildman–Crippen LogP) is 2.03. The van der Waals surface area contributed by atoms with Gasteiger partial charge in [0.1, 0.15) is 6.20 Å². The third kappa shape index (κ3) is 2.00. The fourth-order valence-corrected chi connectivity index (χ4v) is 3.23. The molecule has 2 aliphatic rings. The normalized spacial score (nSPS) is 31.4. The number of ether oxygens (including phenoxy) is 1. The molecule has 17 heavy (non-hydrogen) atoms. The van der Waals surface area contributed by atoms with Crippen LogP contribution >= 0.6 is 11.3 Å². The molecule has 0 aromatic carbocycles. The minimum Gasteiger partial charge on any atom is -0.378 e. The zero-order chi connectivity index (χ0) is 11.8. The van der Waals surface area contributed by atoms with E-state index in [4.69, 9.17) is 4.74 Å². The van der Waals surface area contributed by atoms with Crippen molar-refractivity contribution in [3.8, 4) is 0 Å². The summed E-state index contributed by atoms with van der Waals surface area (Å²) in [5.74, 6) is 0.548. The number of hydrogen-bond acceptors (Lipinski definition) is 6. The molecule has 92 valence electrons. The third-order valence-electron chi connectivity index (χ3n) is 3.48. The minimum absolute atomic E-state index is 0.0864. The molecule has 1 saturated heterocycles. The molecule has 7 heteroatoms. The van der Waals surface area contributed by atoms with Gasteiger partial charge in [-0.05, 0) is 30.6 Å². The first-order chi connectivity index (χ1) is 8.24. The molecular weight excluding hydrogens is 242 g/mol. The number of nitro groups is 1. The van der Waals surface area contributed by atoms with Crippen molar-refractivity contribution >= 4 is 21.5 Å². The Balaban J connectivity index is 1.61. The first kappa shape index (κ1) is 10.9. The molecule has 3 unspecified atom stereocenters. The van der Waals surface area contributed by atoms with Gasteiger partial charge < -0.3 is 10.1 Å². The molecule has 1 aliphatic carbocycles. The second kappa shape index (κ2) is 4.23. The standard InChI is InChI=1S/C10H13N3O3S/c14-13(15)9-5-11-10(17-9)12-7-4-8-6(7)2-1-3-16-8/h5-8H,1-4H2,(H,11,12). The molecule has 1 aliphatic heterocycles. The molecule has 6 nitrogen and oxygen atoms in total. The SMILES string of the molecule is O=[N+]([O-])c1cnc(NC2CC3OCCCC23)s1. The van der Waals surface area contributed by atoms with Gasteiger partial charge in [0.25, 0.3) is 0 Å². The van der Waals surface area contributed by atoms with Crippen LogP contribution in [0.2, 0.25) is 0 Å². The van der Waals surface area contributed by atoms with Gasteiger partial charge in [-0.1, -0.05) is 0 Å². The van der Waals surface area contributed by atoms with E-state index in [1.807, 2.05) is 0 Å². The molecule has 1 saturated carbocycles. The molecule has 0 amide bonds. The average Bonchev–Trinajstić information content (AvgIpc) is 2.75. The van der Waals surface area contributed by atoms with Gasteiger partial charge >= 0.3 is 5.00 Å². The second-order valence-corrected chi connectivity index (χ2v) is 5.47. The zero-order valence-electron chi connectivity index (χ0n) is 9.17. The van der Waals surface area contributed by atoms with Gasteiger partial charge in [-0.3, -0.25) is 10.1 Å². The molecule has 0 spiro atoms. The lowest BCUT2D eigenvalue weighted by Gasteiger charge is -2.47. The summed E-state index contributed by atoms with van der Waals surface area (Å²) in [6.07, 6.45) is 4.96. The van der Waals surface area contributed by atoms with E-state index in [0.29, 0.717) is 23.2 Å². The first-order valence-electron chi connectivity index (χ1n) is 5.72. The fraction of sp³-hybridized carbons (Fsp3) is 0.700. The summed E-state index contributed by atoms with van der Waals surface area (Å²) in [7, 11) is 0. The summed E-state index contributed by atoms with van der Waals surface area (Å²) in [6, 6.07) is 0.367. The molecule has 1 aromatic heterocycles. The van der Waals surface area contributed by atoms with Gasteiger partial charge in [-0.15, -0.1) is 0 Å². The summed E-state index contributed by atoms with van der Waals surface area (Å²) in [4.78, 5) is 14.2.